The van der Waals surface area contributed by atoms with Gasteiger partial charge in [-0.1, -0.05) is 12.1 Å². The van der Waals surface area contributed by atoms with Crippen LogP contribution in [0.15, 0.2) is 47.4 Å². The number of carbonyl (C=O) groups excluding carboxylic acids is 2. The van der Waals surface area contributed by atoms with Gasteiger partial charge in [0, 0.05) is 10.6 Å². The van der Waals surface area contributed by atoms with E-state index in [4.69, 9.17) is 9.47 Å². The molecule has 0 saturated carbocycles. The van der Waals surface area contributed by atoms with Crippen molar-refractivity contribution in [1.29, 1.82) is 0 Å². The van der Waals surface area contributed by atoms with Crippen LogP contribution in [0.5, 0.6) is 11.5 Å². The number of nitrogens with one attached hydrogen (secondary N) is 2. The number of amides is 2. The number of anilines is 1. The first-order valence-electron chi connectivity index (χ1n) is 7.96. The van der Waals surface area contributed by atoms with Crippen molar-refractivity contribution in [3.63, 3.8) is 0 Å². The molecule has 0 aliphatic rings. The van der Waals surface area contributed by atoms with Gasteiger partial charge in [0.15, 0.2) is 11.5 Å². The minimum Gasteiger partial charge on any atom is -0.493 e. The van der Waals surface area contributed by atoms with E-state index >= 15 is 0 Å². The Bertz CT molecular complexity index is 795. The fraction of sp³-hybridized carbons (Fsp3) is 0.263. The molecule has 2 amide bonds. The van der Waals surface area contributed by atoms with Crippen molar-refractivity contribution in [2.24, 2.45) is 0 Å². The molecule has 2 aromatic carbocycles. The van der Waals surface area contributed by atoms with Gasteiger partial charge in [-0.05, 0) is 49.1 Å². The zero-order chi connectivity index (χ0) is 19.1. The smallest absolute Gasteiger partial charge is 0.313 e. The summed E-state index contributed by atoms with van der Waals surface area (Å²) in [5.74, 6) is -0.261. The van der Waals surface area contributed by atoms with Crippen LogP contribution in [0.1, 0.15) is 18.5 Å². The van der Waals surface area contributed by atoms with Crippen molar-refractivity contribution >= 4 is 29.3 Å². The maximum Gasteiger partial charge on any atom is 0.313 e. The lowest BCUT2D eigenvalue weighted by molar-refractivity contribution is -0.136. The standard InChI is InChI=1S/C19H22N2O4S/c1-12(13-8-9-16(24-2)17(10-13)25-3)20-18(22)19(23)21-14-6-5-7-15(11-14)26-4/h5-12H,1-4H3,(H,20,22)(H,21,23). The lowest BCUT2D eigenvalue weighted by Gasteiger charge is -2.16. The number of ether oxygens (including phenoxy) is 2. The minimum atomic E-state index is -0.712. The molecule has 0 heterocycles. The first-order chi connectivity index (χ1) is 12.5. The van der Waals surface area contributed by atoms with Gasteiger partial charge in [0.1, 0.15) is 0 Å². The summed E-state index contributed by atoms with van der Waals surface area (Å²) >= 11 is 1.56. The van der Waals surface area contributed by atoms with E-state index in [0.29, 0.717) is 17.2 Å². The van der Waals surface area contributed by atoms with Crippen molar-refractivity contribution in [1.82, 2.24) is 5.32 Å². The number of hydrogen-bond acceptors (Lipinski definition) is 5. The van der Waals surface area contributed by atoms with Gasteiger partial charge in [-0.2, -0.15) is 0 Å². The Hall–Kier alpha value is -2.67. The van der Waals surface area contributed by atoms with E-state index in [1.807, 2.05) is 30.5 Å². The molecule has 1 unspecified atom stereocenters. The molecule has 6 nitrogen and oxygen atoms in total. The van der Waals surface area contributed by atoms with Gasteiger partial charge in [-0.25, -0.2) is 0 Å². The molecule has 2 aromatic rings. The van der Waals surface area contributed by atoms with Crippen LogP contribution >= 0.6 is 11.8 Å². The van der Waals surface area contributed by atoms with E-state index in [-0.39, 0.29) is 6.04 Å². The molecule has 0 saturated heterocycles. The molecule has 0 spiro atoms. The second-order valence-corrected chi connectivity index (χ2v) is 6.38. The van der Waals surface area contributed by atoms with Gasteiger partial charge in [-0.15, -0.1) is 11.8 Å². The highest BCUT2D eigenvalue weighted by atomic mass is 32.2. The Labute approximate surface area is 157 Å². The van der Waals surface area contributed by atoms with Gasteiger partial charge in [0.2, 0.25) is 0 Å². The largest absolute Gasteiger partial charge is 0.493 e. The number of rotatable bonds is 6. The molecule has 138 valence electrons. The molecule has 2 rings (SSSR count). The van der Waals surface area contributed by atoms with Gasteiger partial charge in [0.05, 0.1) is 20.3 Å². The highest BCUT2D eigenvalue weighted by molar-refractivity contribution is 7.98. The van der Waals surface area contributed by atoms with E-state index in [0.717, 1.165) is 10.5 Å². The molecule has 0 fully saturated rings. The first kappa shape index (κ1) is 19.7. The quantitative estimate of drug-likeness (QED) is 0.600. The molecule has 2 N–H and O–H groups in total. The second-order valence-electron chi connectivity index (χ2n) is 5.50. The maximum atomic E-state index is 12.2. The summed E-state index contributed by atoms with van der Waals surface area (Å²) in [5.41, 5.74) is 1.38. The summed E-state index contributed by atoms with van der Waals surface area (Å²) in [7, 11) is 3.10. The van der Waals surface area contributed by atoms with Crippen LogP contribution in [0.2, 0.25) is 0 Å². The average molecular weight is 374 g/mol. The Morgan fingerprint density at radius 3 is 2.38 bits per heavy atom. The number of thioether (sulfide) groups is 1. The van der Waals surface area contributed by atoms with Gasteiger partial charge >= 0.3 is 11.8 Å². The summed E-state index contributed by atoms with van der Waals surface area (Å²) in [6.07, 6.45) is 1.94. The van der Waals surface area contributed by atoms with Crippen molar-refractivity contribution in [2.75, 3.05) is 25.8 Å². The molecule has 0 bridgehead atoms. The van der Waals surface area contributed by atoms with E-state index in [2.05, 4.69) is 10.6 Å². The molecule has 0 aliphatic heterocycles. The van der Waals surface area contributed by atoms with Crippen LogP contribution in [-0.4, -0.2) is 32.3 Å². The van der Waals surface area contributed by atoms with E-state index in [9.17, 15) is 9.59 Å². The van der Waals surface area contributed by atoms with Crippen molar-refractivity contribution < 1.29 is 19.1 Å². The summed E-state index contributed by atoms with van der Waals surface area (Å²) in [6, 6.07) is 12.3. The molecule has 0 aliphatic carbocycles. The third-order valence-corrected chi connectivity index (χ3v) is 4.51. The van der Waals surface area contributed by atoms with E-state index in [1.165, 1.54) is 0 Å². The maximum absolute atomic E-state index is 12.2. The summed E-state index contributed by atoms with van der Waals surface area (Å²) in [5, 5.41) is 5.29. The van der Waals surface area contributed by atoms with Gasteiger partial charge in [0.25, 0.3) is 0 Å². The number of carbonyl (C=O) groups is 2. The predicted octanol–water partition coefficient (Wildman–Crippen LogP) is 3.24. The van der Waals surface area contributed by atoms with Crippen LogP contribution in [-0.2, 0) is 9.59 Å². The van der Waals surface area contributed by atoms with Crippen molar-refractivity contribution in [3.8, 4) is 11.5 Å². The van der Waals surface area contributed by atoms with Gasteiger partial charge in [-0.3, -0.25) is 9.59 Å². The van der Waals surface area contributed by atoms with E-state index < -0.39 is 11.8 Å². The summed E-state index contributed by atoms with van der Waals surface area (Å²) in [6.45, 7) is 1.79. The Morgan fingerprint density at radius 2 is 1.73 bits per heavy atom. The number of methoxy groups -OCH3 is 2. The van der Waals surface area contributed by atoms with Crippen LogP contribution in [0.25, 0.3) is 0 Å². The zero-order valence-electron chi connectivity index (χ0n) is 15.2. The first-order valence-corrected chi connectivity index (χ1v) is 9.18. The number of hydrogen-bond donors (Lipinski definition) is 2. The minimum absolute atomic E-state index is 0.370. The van der Waals surface area contributed by atoms with Crippen LogP contribution in [0.3, 0.4) is 0 Å². The lowest BCUT2D eigenvalue weighted by atomic mass is 10.1. The fourth-order valence-electron chi connectivity index (χ4n) is 2.36. The predicted molar refractivity (Wildman–Crippen MR) is 103 cm³/mol. The Kier molecular flexibility index (Phi) is 6.91. The molecule has 7 heteroatoms. The number of benzene rings is 2. The molecule has 0 aromatic heterocycles. The molecular weight excluding hydrogens is 352 g/mol. The third kappa shape index (κ3) is 4.92. The monoisotopic (exact) mass is 374 g/mol. The summed E-state index contributed by atoms with van der Waals surface area (Å²) < 4.78 is 10.5. The molecule has 1 atom stereocenters. The normalized spacial score (nSPS) is 11.4. The van der Waals surface area contributed by atoms with E-state index in [1.54, 1.807) is 51.1 Å². The van der Waals surface area contributed by atoms with Crippen molar-refractivity contribution in [2.45, 2.75) is 17.9 Å². The molecule has 26 heavy (non-hydrogen) atoms. The van der Waals surface area contributed by atoms with Crippen LogP contribution in [0.4, 0.5) is 5.69 Å². The molecule has 0 radical (unpaired) electrons. The highest BCUT2D eigenvalue weighted by Gasteiger charge is 2.18. The summed E-state index contributed by atoms with van der Waals surface area (Å²) in [4.78, 5) is 25.3. The average Bonchev–Trinajstić information content (AvgIpc) is 2.67. The zero-order valence-corrected chi connectivity index (χ0v) is 16.0. The van der Waals surface area contributed by atoms with Gasteiger partial charge < -0.3 is 20.1 Å². The second kappa shape index (κ2) is 9.15. The third-order valence-electron chi connectivity index (χ3n) is 3.79. The SMILES string of the molecule is COc1ccc(C(C)NC(=O)C(=O)Nc2cccc(SC)c2)cc1OC. The lowest BCUT2D eigenvalue weighted by Crippen LogP contribution is -2.36. The molecular formula is C19H22N2O4S. The van der Waals surface area contributed by atoms with Crippen LogP contribution in [0, 0.1) is 0 Å². The Balaban J connectivity index is 2.02. The van der Waals surface area contributed by atoms with Crippen LogP contribution < -0.4 is 20.1 Å². The van der Waals surface area contributed by atoms with Crippen molar-refractivity contribution in [3.05, 3.63) is 48.0 Å². The fourth-order valence-corrected chi connectivity index (χ4v) is 2.82. The highest BCUT2D eigenvalue weighted by Crippen LogP contribution is 2.29. The Morgan fingerprint density at radius 1 is 1.00 bits per heavy atom. The topological polar surface area (TPSA) is 76.7 Å².